The molecular formula is C27H29N3O3. The van der Waals surface area contributed by atoms with Crippen molar-refractivity contribution in [1.29, 1.82) is 0 Å². The second-order valence-electron chi connectivity index (χ2n) is 9.27. The van der Waals surface area contributed by atoms with E-state index < -0.39 is 0 Å². The first kappa shape index (κ1) is 21.4. The van der Waals surface area contributed by atoms with E-state index in [-0.39, 0.29) is 29.5 Å². The van der Waals surface area contributed by atoms with Gasteiger partial charge in [-0.1, -0.05) is 23.8 Å². The number of piperidine rings is 1. The van der Waals surface area contributed by atoms with Crippen molar-refractivity contribution in [3.63, 3.8) is 0 Å². The Morgan fingerprint density at radius 1 is 1.12 bits per heavy atom. The van der Waals surface area contributed by atoms with Crippen LogP contribution in [-0.4, -0.2) is 32.9 Å². The molecule has 5 rings (SSSR count). The molecule has 0 radical (unpaired) electrons. The topological polar surface area (TPSA) is 64.4 Å². The number of pyridine rings is 2. The Morgan fingerprint density at radius 2 is 1.94 bits per heavy atom. The fraction of sp³-hybridized carbons (Fsp3) is 0.370. The van der Waals surface area contributed by atoms with Crippen molar-refractivity contribution in [3.05, 3.63) is 93.2 Å². The lowest BCUT2D eigenvalue weighted by Crippen LogP contribution is -2.41. The number of hydrogen-bond donors (Lipinski definition) is 0. The number of rotatable bonds is 6. The summed E-state index contributed by atoms with van der Waals surface area (Å²) in [6.07, 6.45) is 5.01. The lowest BCUT2D eigenvalue weighted by Gasteiger charge is -2.28. The third kappa shape index (κ3) is 4.30. The van der Waals surface area contributed by atoms with Crippen LogP contribution in [0.2, 0.25) is 0 Å². The molecule has 2 atom stereocenters. The second kappa shape index (κ2) is 8.85. The highest BCUT2D eigenvalue weighted by Gasteiger charge is 2.41. The molecule has 1 amide bonds. The van der Waals surface area contributed by atoms with Crippen LogP contribution in [0.4, 0.5) is 0 Å². The van der Waals surface area contributed by atoms with Crippen LogP contribution in [0.3, 0.4) is 0 Å². The molecule has 0 unspecified atom stereocenters. The first-order valence-electron chi connectivity index (χ1n) is 11.6. The molecule has 1 saturated carbocycles. The Morgan fingerprint density at radius 3 is 2.61 bits per heavy atom. The molecule has 2 bridgehead atoms. The van der Waals surface area contributed by atoms with Gasteiger partial charge < -0.3 is 14.2 Å². The molecule has 1 aliphatic carbocycles. The Bertz CT molecular complexity index is 1220. The van der Waals surface area contributed by atoms with Crippen LogP contribution in [0.25, 0.3) is 0 Å². The van der Waals surface area contributed by atoms with Crippen molar-refractivity contribution in [1.82, 2.24) is 14.5 Å². The third-order valence-electron chi connectivity index (χ3n) is 6.95. The van der Waals surface area contributed by atoms with Gasteiger partial charge in [-0.2, -0.15) is 0 Å². The molecule has 6 nitrogen and oxygen atoms in total. The average Bonchev–Trinajstić information content (AvgIpc) is 3.45. The van der Waals surface area contributed by atoms with Gasteiger partial charge in [-0.05, 0) is 63.3 Å². The van der Waals surface area contributed by atoms with Crippen LogP contribution >= 0.6 is 0 Å². The molecule has 0 spiro atoms. The minimum atomic E-state index is -0.236. The molecule has 3 aromatic rings. The smallest absolute Gasteiger partial charge is 0.260 e. The molecular weight excluding hydrogens is 414 g/mol. The van der Waals surface area contributed by atoms with E-state index in [2.05, 4.69) is 4.98 Å². The summed E-state index contributed by atoms with van der Waals surface area (Å²) in [5.41, 5.74) is 3.40. The minimum absolute atomic E-state index is 0.135. The maximum atomic E-state index is 13.7. The monoisotopic (exact) mass is 443 g/mol. The van der Waals surface area contributed by atoms with Crippen LogP contribution < -0.4 is 10.2 Å². The first-order valence-corrected chi connectivity index (χ1v) is 11.6. The summed E-state index contributed by atoms with van der Waals surface area (Å²) in [6, 6.07) is 15.4. The maximum Gasteiger partial charge on any atom is 0.260 e. The standard InChI is InChI=1S/C27H29N3O3/c1-18-6-10-23(11-7-18)33-17-24-26(27(32)30-15-20-8-9-22(30)14-20)25(31)13-19(2)29(24)16-21-5-3-4-12-28-21/h3-7,10-13,20,22H,8-9,14-17H2,1-2H3/t20-,22+/m1/s1. The highest BCUT2D eigenvalue weighted by molar-refractivity contribution is 5.95. The quantitative estimate of drug-likeness (QED) is 0.575. The fourth-order valence-electron chi connectivity index (χ4n) is 5.19. The summed E-state index contributed by atoms with van der Waals surface area (Å²) in [5.74, 6) is 1.11. The second-order valence-corrected chi connectivity index (χ2v) is 9.27. The number of amides is 1. The van der Waals surface area contributed by atoms with Crippen LogP contribution in [0.5, 0.6) is 5.75 Å². The summed E-state index contributed by atoms with van der Waals surface area (Å²) in [7, 11) is 0. The van der Waals surface area contributed by atoms with Crippen molar-refractivity contribution in [2.24, 2.45) is 5.92 Å². The highest BCUT2D eigenvalue weighted by atomic mass is 16.5. The molecule has 6 heteroatoms. The molecule has 2 aliphatic rings. The van der Waals surface area contributed by atoms with Gasteiger partial charge in [0.2, 0.25) is 0 Å². The van der Waals surface area contributed by atoms with E-state index in [0.717, 1.165) is 36.3 Å². The van der Waals surface area contributed by atoms with Crippen LogP contribution in [-0.2, 0) is 13.2 Å². The van der Waals surface area contributed by atoms with E-state index in [9.17, 15) is 9.59 Å². The molecule has 2 fully saturated rings. The van der Waals surface area contributed by atoms with Gasteiger partial charge in [-0.3, -0.25) is 14.6 Å². The summed E-state index contributed by atoms with van der Waals surface area (Å²) < 4.78 is 8.10. The van der Waals surface area contributed by atoms with Gasteiger partial charge in [-0.25, -0.2) is 0 Å². The number of aromatic nitrogens is 2. The Kier molecular flexibility index (Phi) is 5.75. The van der Waals surface area contributed by atoms with Crippen LogP contribution in [0.15, 0.2) is 59.5 Å². The van der Waals surface area contributed by atoms with Gasteiger partial charge in [0.05, 0.1) is 17.9 Å². The van der Waals surface area contributed by atoms with Crippen molar-refractivity contribution >= 4 is 5.91 Å². The number of benzene rings is 1. The molecule has 33 heavy (non-hydrogen) atoms. The first-order chi connectivity index (χ1) is 16.0. The van der Waals surface area contributed by atoms with Gasteiger partial charge in [0.1, 0.15) is 17.9 Å². The molecule has 2 aromatic heterocycles. The Hall–Kier alpha value is -3.41. The number of likely N-dealkylation sites (tertiary alicyclic amines) is 1. The van der Waals surface area contributed by atoms with Gasteiger partial charge in [0, 0.05) is 30.5 Å². The number of ether oxygens (including phenoxy) is 1. The minimum Gasteiger partial charge on any atom is -0.487 e. The third-order valence-corrected chi connectivity index (χ3v) is 6.95. The normalized spacial score (nSPS) is 19.2. The van der Waals surface area contributed by atoms with Gasteiger partial charge in [0.25, 0.3) is 5.91 Å². The summed E-state index contributed by atoms with van der Waals surface area (Å²) in [6.45, 7) is 5.26. The molecule has 170 valence electrons. The number of nitrogens with zero attached hydrogens (tertiary/aromatic N) is 3. The maximum absolute atomic E-state index is 13.7. The zero-order valence-corrected chi connectivity index (χ0v) is 19.2. The largest absolute Gasteiger partial charge is 0.487 e. The molecule has 3 heterocycles. The SMILES string of the molecule is Cc1ccc(OCc2c(C(=O)N3C[C@@H]4CC[C@H]3C4)c(=O)cc(C)n2Cc2ccccn2)cc1. The van der Waals surface area contributed by atoms with E-state index in [1.807, 2.05) is 65.8 Å². The molecule has 1 aromatic carbocycles. The molecule has 1 aliphatic heterocycles. The van der Waals surface area contributed by atoms with E-state index in [1.165, 1.54) is 6.42 Å². The zero-order valence-electron chi connectivity index (χ0n) is 19.2. The lowest BCUT2D eigenvalue weighted by atomic mass is 10.1. The predicted molar refractivity (Wildman–Crippen MR) is 126 cm³/mol. The van der Waals surface area contributed by atoms with Gasteiger partial charge >= 0.3 is 0 Å². The van der Waals surface area contributed by atoms with Gasteiger partial charge in [0.15, 0.2) is 5.43 Å². The van der Waals surface area contributed by atoms with Crippen molar-refractivity contribution < 1.29 is 9.53 Å². The Labute approximate surface area is 193 Å². The van der Waals surface area contributed by atoms with Crippen LogP contribution in [0, 0.1) is 19.8 Å². The number of fused-ring (bicyclic) bond motifs is 2. The fourth-order valence-corrected chi connectivity index (χ4v) is 5.19. The lowest BCUT2D eigenvalue weighted by molar-refractivity contribution is 0.0697. The van der Waals surface area contributed by atoms with E-state index >= 15 is 0 Å². The van der Waals surface area contributed by atoms with Crippen molar-refractivity contribution in [3.8, 4) is 5.75 Å². The van der Waals surface area contributed by atoms with Gasteiger partial charge in [-0.15, -0.1) is 0 Å². The average molecular weight is 444 g/mol. The highest BCUT2D eigenvalue weighted by Crippen LogP contribution is 2.38. The number of carbonyl (C=O) groups is 1. The van der Waals surface area contributed by atoms with E-state index in [4.69, 9.17) is 4.74 Å². The Balaban J connectivity index is 1.55. The summed E-state index contributed by atoms with van der Waals surface area (Å²) >= 11 is 0. The number of hydrogen-bond acceptors (Lipinski definition) is 4. The predicted octanol–water partition coefficient (Wildman–Crippen LogP) is 4.11. The van der Waals surface area contributed by atoms with Crippen molar-refractivity contribution in [2.45, 2.75) is 52.3 Å². The zero-order chi connectivity index (χ0) is 22.9. The molecule has 0 N–H and O–H groups in total. The van der Waals surface area contributed by atoms with E-state index in [1.54, 1.807) is 12.3 Å². The molecule has 1 saturated heterocycles. The van der Waals surface area contributed by atoms with Crippen LogP contribution in [0.1, 0.15) is 52.3 Å². The van der Waals surface area contributed by atoms with Crippen molar-refractivity contribution in [2.75, 3.05) is 6.54 Å². The summed E-state index contributed by atoms with van der Waals surface area (Å²) in [5, 5.41) is 0. The summed E-state index contributed by atoms with van der Waals surface area (Å²) in [4.78, 5) is 33.3. The number of aryl methyl sites for hydroxylation is 2. The van der Waals surface area contributed by atoms with E-state index in [0.29, 0.717) is 23.9 Å². The number of carbonyl (C=O) groups excluding carboxylic acids is 1.